The van der Waals surface area contributed by atoms with Crippen LogP contribution in [-0.4, -0.2) is 58.8 Å². The molecule has 6 aliphatic heterocycles. The van der Waals surface area contributed by atoms with Crippen molar-refractivity contribution in [1.82, 2.24) is 20.0 Å². The van der Waals surface area contributed by atoms with E-state index in [1.807, 2.05) is 52.6 Å². The molecule has 0 bridgehead atoms. The smallest absolute Gasteiger partial charge is 0.416 e. The van der Waals surface area contributed by atoms with Crippen LogP contribution in [0.25, 0.3) is 0 Å². The second-order valence-electron chi connectivity index (χ2n) is 54.3. The van der Waals surface area contributed by atoms with E-state index >= 15 is 0 Å². The number of aliphatic imine (C=N–C) groups is 1. The fourth-order valence-corrected chi connectivity index (χ4v) is 15.1. The van der Waals surface area contributed by atoms with Gasteiger partial charge in [-0.05, 0) is 50.0 Å². The van der Waals surface area contributed by atoms with E-state index in [9.17, 15) is 4.79 Å². The summed E-state index contributed by atoms with van der Waals surface area (Å²) >= 11 is 0. The highest BCUT2D eigenvalue weighted by molar-refractivity contribution is 5.68. The molecule has 0 aliphatic carbocycles. The van der Waals surface area contributed by atoms with Gasteiger partial charge in [0.1, 0.15) is 57.6 Å². The summed E-state index contributed by atoms with van der Waals surface area (Å²) in [6.45, 7) is 129. The molecule has 0 radical (unpaired) electrons. The zero-order chi connectivity index (χ0) is 97.8. The molecule has 123 heavy (non-hydrogen) atoms. The number of nitrogens with zero attached hydrogens (tertiary/aromatic N) is 4. The second kappa shape index (κ2) is 39.5. The molecule has 9 heterocycles. The summed E-state index contributed by atoms with van der Waals surface area (Å²) in [5.41, 5.74) is 12.1. The van der Waals surface area contributed by atoms with E-state index < -0.39 is 5.79 Å². The van der Waals surface area contributed by atoms with Crippen molar-refractivity contribution in [3.05, 3.63) is 126 Å². The van der Waals surface area contributed by atoms with E-state index in [1.54, 1.807) is 6.26 Å². The standard InChI is InChI=1S/C14H26O.C13H24O2.C12H21N.C12H22O.C12H20O.C11H21N3.C11H19NO2.2C11H20O2/c1-12(2,3)10-11(13(4,5)6)15-9-14(10,7)8;1-11(2,3)9-10(12(4,5)6)15-13(7,8)14-9;3*1-11(2,3)9-7-8-13-10(9)12(4,5)6;1-10(2,3)8-9(11(4,5)6)14(7)13-12-8;1-10(2,3)7-8(11(4,5)6)14-9(13)12-7;2*1-10(2,3)8-9(11(4,5)6)13-7-12-8/h9H2,1-8H3;1-8H3;8H,7H2,1-6H3;7-8H2,1-6H3;7-8H,1-6H3;1-7H3;1-6H3,(H,12,13);2*7H2,1-6H3. The van der Waals surface area contributed by atoms with Gasteiger partial charge in [-0.25, -0.2) is 4.79 Å². The fraction of sp³-hybridized carbons (Fsp3) is 0.794. The van der Waals surface area contributed by atoms with Gasteiger partial charge in [0.25, 0.3) is 0 Å². The predicted octanol–water partition coefficient (Wildman–Crippen LogP) is 31.5. The van der Waals surface area contributed by atoms with Crippen molar-refractivity contribution in [2.75, 3.05) is 26.8 Å². The van der Waals surface area contributed by atoms with Crippen LogP contribution in [0, 0.1) is 70.4 Å². The summed E-state index contributed by atoms with van der Waals surface area (Å²) < 4.78 is 58.2. The van der Waals surface area contributed by atoms with E-state index in [-0.39, 0.29) is 109 Å². The molecule has 16 heteroatoms. The summed E-state index contributed by atoms with van der Waals surface area (Å²) in [5.74, 6) is 9.39. The lowest BCUT2D eigenvalue weighted by molar-refractivity contribution is -0.135. The lowest BCUT2D eigenvalue weighted by Gasteiger charge is -2.33. The Labute approximate surface area is 756 Å². The van der Waals surface area contributed by atoms with Gasteiger partial charge in [-0.2, -0.15) is 0 Å². The molecule has 16 nitrogen and oxygen atoms in total. The Balaban J connectivity index is 0.000000692. The average Bonchev–Trinajstić information content (AvgIpc) is 1.61. The SMILES string of the molecule is CC(C)(C)C1=C(C(C)(C)C)C(C)(C)CO1.CC(C)(C)C1=C(C(C)(C)C)N=CC1.CC(C)(C)C1=C(C(C)(C)C)OCC1.CC(C)(C)C1=C(C(C)(C)C)OCO1.CC(C)(C)C1=C(C(C)(C)C)OCO1.CC(C)(C)c1[nH]c(=O)oc1C(C)(C)C.CC(C)(C)c1ccoc1C(C)(C)C.CC1(C)OC(C(C)(C)C)=C(C(C)(C)C)O1.Cn1nnc(C(C)(C)C)c1C(C)(C)C. The summed E-state index contributed by atoms with van der Waals surface area (Å²) in [7, 11) is 1.96. The summed E-state index contributed by atoms with van der Waals surface area (Å²) in [5, 5.41) is 8.38. The van der Waals surface area contributed by atoms with Gasteiger partial charge in [0.15, 0.2) is 0 Å². The largest absolute Gasteiger partial charge is 0.497 e. The molecule has 0 spiro atoms. The van der Waals surface area contributed by atoms with E-state index in [0.717, 1.165) is 83.5 Å². The minimum atomic E-state index is -0.523. The molecule has 0 atom stereocenters. The predicted molar refractivity (Wildman–Crippen MR) is 521 cm³/mol. The Morgan fingerprint density at radius 1 is 0.366 bits per heavy atom. The first kappa shape index (κ1) is 115. The van der Waals surface area contributed by atoms with E-state index in [1.165, 1.54) is 45.2 Å². The quantitative estimate of drug-likeness (QED) is 0.225. The van der Waals surface area contributed by atoms with Crippen molar-refractivity contribution in [2.24, 2.45) is 82.4 Å². The molecule has 6 aliphatic rings. The number of ether oxygens (including phenoxy) is 8. The van der Waals surface area contributed by atoms with Crippen LogP contribution < -0.4 is 5.76 Å². The third-order valence-corrected chi connectivity index (χ3v) is 20.5. The average molecular weight is 1730 g/mol. The van der Waals surface area contributed by atoms with Crippen LogP contribution >= 0.6 is 0 Å². The number of nitrogens with one attached hydrogen (secondary N) is 1. The van der Waals surface area contributed by atoms with Crippen LogP contribution in [0.1, 0.15) is 449 Å². The van der Waals surface area contributed by atoms with Gasteiger partial charge in [0.2, 0.25) is 19.4 Å². The minimum Gasteiger partial charge on any atom is -0.497 e. The lowest BCUT2D eigenvalue weighted by Crippen LogP contribution is -2.26. The van der Waals surface area contributed by atoms with Gasteiger partial charge in [-0.1, -0.05) is 393 Å². The monoisotopic (exact) mass is 1720 g/mol. The normalized spacial score (nSPS) is 17.7. The number of H-pyrrole nitrogens is 1. The number of furan rings is 1. The van der Waals surface area contributed by atoms with Crippen molar-refractivity contribution >= 4 is 6.21 Å². The van der Waals surface area contributed by atoms with Gasteiger partial charge >= 0.3 is 5.76 Å². The Morgan fingerprint density at radius 2 is 0.732 bits per heavy atom. The summed E-state index contributed by atoms with van der Waals surface area (Å²) in [6.07, 6.45) is 5.98. The van der Waals surface area contributed by atoms with Crippen molar-refractivity contribution in [2.45, 2.75) is 453 Å². The topological polar surface area (TPSA) is 176 Å². The van der Waals surface area contributed by atoms with Crippen LogP contribution in [0.3, 0.4) is 0 Å². The zero-order valence-corrected chi connectivity index (χ0v) is 91.3. The molecular weight excluding hydrogens is 1530 g/mol. The number of hydrogen-bond donors (Lipinski definition) is 1. The maximum absolute atomic E-state index is 11.2. The Hall–Kier alpha value is -6.06. The van der Waals surface area contributed by atoms with Crippen LogP contribution in [0.15, 0.2) is 99.4 Å². The van der Waals surface area contributed by atoms with Crippen LogP contribution in [-0.2, 0) is 77.4 Å². The van der Waals surface area contributed by atoms with Crippen LogP contribution in [0.5, 0.6) is 0 Å². The third-order valence-electron chi connectivity index (χ3n) is 20.5. The number of oxazole rings is 1. The molecule has 0 aromatic carbocycles. The Morgan fingerprint density at radius 3 is 0.976 bits per heavy atom. The molecule has 0 amide bonds. The lowest BCUT2D eigenvalue weighted by atomic mass is 9.69. The Kier molecular flexibility index (Phi) is 36.9. The number of aromatic nitrogens is 4. The minimum absolute atomic E-state index is 0.00359. The first-order chi connectivity index (χ1) is 53.8. The fourth-order valence-electron chi connectivity index (χ4n) is 15.1. The van der Waals surface area contributed by atoms with E-state index in [0.29, 0.717) is 13.6 Å². The van der Waals surface area contributed by atoms with Gasteiger partial charge in [-0.15, -0.1) is 5.10 Å². The number of rotatable bonds is 0. The molecule has 0 saturated heterocycles. The number of allylic oxidation sites excluding steroid dienone is 10. The van der Waals surface area contributed by atoms with E-state index in [4.69, 9.17) is 46.7 Å². The van der Waals surface area contributed by atoms with Crippen LogP contribution in [0.4, 0.5) is 0 Å². The molecular formula is C107H193N5O11. The van der Waals surface area contributed by atoms with E-state index in [2.05, 4.69) is 393 Å². The maximum atomic E-state index is 11.2. The molecule has 3 aromatic rings. The van der Waals surface area contributed by atoms with Gasteiger partial charge in [-0.3, -0.25) is 14.7 Å². The highest BCUT2D eigenvalue weighted by Gasteiger charge is 2.47. The highest BCUT2D eigenvalue weighted by Crippen LogP contribution is 2.53. The van der Waals surface area contributed by atoms with Crippen molar-refractivity contribution in [1.29, 1.82) is 0 Å². The van der Waals surface area contributed by atoms with Crippen LogP contribution in [0.2, 0.25) is 0 Å². The number of aryl methyl sites for hydroxylation is 1. The van der Waals surface area contributed by atoms with Crippen molar-refractivity contribution < 1.29 is 46.7 Å². The first-order valence-corrected chi connectivity index (χ1v) is 45.7. The summed E-state index contributed by atoms with van der Waals surface area (Å²) in [6, 6.07) is 2.08. The molecule has 0 unspecified atom stereocenters. The number of hydrogen-bond acceptors (Lipinski definition) is 14. The molecule has 0 saturated carbocycles. The first-order valence-electron chi connectivity index (χ1n) is 45.7. The Bertz CT molecular complexity index is 3890. The molecule has 1 N–H and O–H groups in total. The molecule has 3 aromatic heterocycles. The maximum Gasteiger partial charge on any atom is 0.416 e. The second-order valence-corrected chi connectivity index (χ2v) is 54.3. The number of aromatic amines is 1. The van der Waals surface area contributed by atoms with Gasteiger partial charge < -0.3 is 46.7 Å². The molecule has 712 valence electrons. The van der Waals surface area contributed by atoms with Crippen molar-refractivity contribution in [3.8, 4) is 0 Å². The van der Waals surface area contributed by atoms with Crippen molar-refractivity contribution in [3.63, 3.8) is 0 Å². The molecule has 0 fully saturated rings. The summed E-state index contributed by atoms with van der Waals surface area (Å²) in [4.78, 5) is 18.5. The van der Waals surface area contributed by atoms with Gasteiger partial charge in [0.05, 0.1) is 36.6 Å². The molecule has 9 rings (SSSR count). The van der Waals surface area contributed by atoms with Gasteiger partial charge in [0, 0.05) is 127 Å². The zero-order valence-electron chi connectivity index (χ0n) is 91.3. The third kappa shape index (κ3) is 35.1. The highest BCUT2D eigenvalue weighted by atomic mass is 16.7.